The highest BCUT2D eigenvalue weighted by atomic mass is 15.2. The van der Waals surface area contributed by atoms with E-state index in [1.807, 2.05) is 0 Å². The zero-order chi connectivity index (χ0) is 15.3. The summed E-state index contributed by atoms with van der Waals surface area (Å²) in [6, 6.07) is 1.28. The molecule has 0 radical (unpaired) electrons. The second kappa shape index (κ2) is 7.79. The van der Waals surface area contributed by atoms with E-state index in [1.165, 1.54) is 32.4 Å². The maximum atomic E-state index is 3.64. The Morgan fingerprint density at radius 1 is 1.05 bits per heavy atom. The molecule has 1 aliphatic heterocycles. The largest absolute Gasteiger partial charge is 0.313 e. The van der Waals surface area contributed by atoms with E-state index in [0.717, 1.165) is 18.4 Å². The molecule has 0 spiro atoms. The van der Waals surface area contributed by atoms with Gasteiger partial charge in [0.1, 0.15) is 0 Å². The summed E-state index contributed by atoms with van der Waals surface area (Å²) in [5, 5.41) is 3.64. The van der Waals surface area contributed by atoms with Gasteiger partial charge in [-0.05, 0) is 49.6 Å². The monoisotopic (exact) mass is 282 g/mol. The van der Waals surface area contributed by atoms with E-state index in [1.54, 1.807) is 0 Å². The van der Waals surface area contributed by atoms with Crippen molar-refractivity contribution in [3.63, 3.8) is 0 Å². The van der Waals surface area contributed by atoms with Crippen LogP contribution in [-0.2, 0) is 0 Å². The molecule has 0 aromatic rings. The van der Waals surface area contributed by atoms with Gasteiger partial charge in [0, 0.05) is 18.6 Å². The molecule has 1 fully saturated rings. The molecule has 1 rings (SSSR count). The van der Waals surface area contributed by atoms with Gasteiger partial charge in [-0.3, -0.25) is 4.90 Å². The van der Waals surface area contributed by atoms with Gasteiger partial charge in [0.2, 0.25) is 0 Å². The summed E-state index contributed by atoms with van der Waals surface area (Å²) >= 11 is 0. The average Bonchev–Trinajstić information content (AvgIpc) is 2.53. The van der Waals surface area contributed by atoms with Crippen LogP contribution in [0.25, 0.3) is 0 Å². The molecule has 0 amide bonds. The Morgan fingerprint density at radius 2 is 1.70 bits per heavy atom. The van der Waals surface area contributed by atoms with Crippen LogP contribution >= 0.6 is 0 Å². The Kier molecular flexibility index (Phi) is 7.00. The van der Waals surface area contributed by atoms with E-state index in [2.05, 4.69) is 58.7 Å². The number of hydrogen-bond acceptors (Lipinski definition) is 2. The highest BCUT2D eigenvalue weighted by molar-refractivity contribution is 4.84. The predicted molar refractivity (Wildman–Crippen MR) is 90.1 cm³/mol. The molecule has 2 heteroatoms. The lowest BCUT2D eigenvalue weighted by molar-refractivity contribution is 0.145. The standard InChI is InChI=1S/C18H38N2/c1-14(2)17(13-19-15(3)4)20-11-8-9-16(10-12-20)18(5,6)7/h14-17,19H,8-13H2,1-7H3. The van der Waals surface area contributed by atoms with Crippen LogP contribution < -0.4 is 5.32 Å². The Morgan fingerprint density at radius 3 is 2.20 bits per heavy atom. The Hall–Kier alpha value is -0.0800. The first-order valence-corrected chi connectivity index (χ1v) is 8.69. The van der Waals surface area contributed by atoms with Gasteiger partial charge in [-0.1, -0.05) is 48.5 Å². The van der Waals surface area contributed by atoms with Crippen molar-refractivity contribution in [3.05, 3.63) is 0 Å². The number of nitrogens with zero attached hydrogens (tertiary/aromatic N) is 1. The summed E-state index contributed by atoms with van der Waals surface area (Å²) in [5.74, 6) is 1.62. The van der Waals surface area contributed by atoms with Crippen LogP contribution in [0.15, 0.2) is 0 Å². The molecule has 1 N–H and O–H groups in total. The summed E-state index contributed by atoms with van der Waals surface area (Å²) in [7, 11) is 0. The summed E-state index contributed by atoms with van der Waals surface area (Å²) in [5.41, 5.74) is 0.472. The van der Waals surface area contributed by atoms with Crippen molar-refractivity contribution in [2.45, 2.75) is 79.8 Å². The number of likely N-dealkylation sites (tertiary alicyclic amines) is 1. The lowest BCUT2D eigenvalue weighted by Crippen LogP contribution is -2.47. The Labute approximate surface area is 127 Å². The van der Waals surface area contributed by atoms with E-state index in [4.69, 9.17) is 0 Å². The van der Waals surface area contributed by atoms with Crippen molar-refractivity contribution in [3.8, 4) is 0 Å². The molecule has 0 aromatic carbocycles. The van der Waals surface area contributed by atoms with Gasteiger partial charge in [0.05, 0.1) is 0 Å². The van der Waals surface area contributed by atoms with Crippen LogP contribution in [0, 0.1) is 17.3 Å². The van der Waals surface area contributed by atoms with Gasteiger partial charge < -0.3 is 5.32 Å². The van der Waals surface area contributed by atoms with Gasteiger partial charge >= 0.3 is 0 Å². The smallest absolute Gasteiger partial charge is 0.0243 e. The minimum absolute atomic E-state index is 0.472. The molecular weight excluding hydrogens is 244 g/mol. The van der Waals surface area contributed by atoms with Crippen LogP contribution in [0.1, 0.15) is 67.7 Å². The predicted octanol–water partition coefficient (Wildman–Crippen LogP) is 4.16. The maximum absolute atomic E-state index is 3.64. The topological polar surface area (TPSA) is 15.3 Å². The molecule has 120 valence electrons. The zero-order valence-electron chi connectivity index (χ0n) is 15.0. The van der Waals surface area contributed by atoms with Crippen LogP contribution in [0.4, 0.5) is 0 Å². The molecule has 1 heterocycles. The van der Waals surface area contributed by atoms with Gasteiger partial charge in [0.25, 0.3) is 0 Å². The molecular formula is C18H38N2. The third kappa shape index (κ3) is 5.73. The van der Waals surface area contributed by atoms with Crippen LogP contribution in [-0.4, -0.2) is 36.6 Å². The lowest BCUT2D eigenvalue weighted by atomic mass is 9.77. The fourth-order valence-corrected chi connectivity index (χ4v) is 3.46. The molecule has 2 nitrogen and oxygen atoms in total. The van der Waals surface area contributed by atoms with Crippen molar-refractivity contribution in [2.75, 3.05) is 19.6 Å². The first-order valence-electron chi connectivity index (χ1n) is 8.69. The van der Waals surface area contributed by atoms with Gasteiger partial charge in [0.15, 0.2) is 0 Å². The van der Waals surface area contributed by atoms with E-state index in [-0.39, 0.29) is 0 Å². The van der Waals surface area contributed by atoms with Crippen molar-refractivity contribution >= 4 is 0 Å². The van der Waals surface area contributed by atoms with Gasteiger partial charge in [-0.2, -0.15) is 0 Å². The van der Waals surface area contributed by atoms with Crippen LogP contribution in [0.2, 0.25) is 0 Å². The summed E-state index contributed by atoms with van der Waals surface area (Å²) in [4.78, 5) is 2.76. The Balaban J connectivity index is 2.60. The van der Waals surface area contributed by atoms with Crippen molar-refractivity contribution < 1.29 is 0 Å². The number of nitrogens with one attached hydrogen (secondary N) is 1. The summed E-state index contributed by atoms with van der Waals surface area (Å²) in [6.45, 7) is 20.2. The second-order valence-electron chi connectivity index (χ2n) is 8.40. The lowest BCUT2D eigenvalue weighted by Gasteiger charge is -2.35. The highest BCUT2D eigenvalue weighted by Gasteiger charge is 2.30. The van der Waals surface area contributed by atoms with E-state index < -0.39 is 0 Å². The maximum Gasteiger partial charge on any atom is 0.0243 e. The molecule has 20 heavy (non-hydrogen) atoms. The summed E-state index contributed by atoms with van der Waals surface area (Å²) in [6.07, 6.45) is 4.14. The molecule has 0 saturated carbocycles. The SMILES string of the molecule is CC(C)NCC(C(C)C)N1CCCC(C(C)(C)C)CC1. The molecule has 2 atom stereocenters. The summed E-state index contributed by atoms with van der Waals surface area (Å²) < 4.78 is 0. The third-order valence-corrected chi connectivity index (χ3v) is 4.96. The minimum atomic E-state index is 0.472. The normalized spacial score (nSPS) is 24.1. The van der Waals surface area contributed by atoms with E-state index in [0.29, 0.717) is 17.5 Å². The second-order valence-corrected chi connectivity index (χ2v) is 8.40. The third-order valence-electron chi connectivity index (χ3n) is 4.96. The first-order chi connectivity index (χ1) is 9.21. The van der Waals surface area contributed by atoms with Crippen molar-refractivity contribution in [1.82, 2.24) is 10.2 Å². The molecule has 0 aromatic heterocycles. The molecule has 0 bridgehead atoms. The van der Waals surface area contributed by atoms with Crippen LogP contribution in [0.5, 0.6) is 0 Å². The number of hydrogen-bond donors (Lipinski definition) is 1. The van der Waals surface area contributed by atoms with E-state index in [9.17, 15) is 0 Å². The molecule has 1 aliphatic rings. The van der Waals surface area contributed by atoms with E-state index >= 15 is 0 Å². The average molecular weight is 283 g/mol. The fourth-order valence-electron chi connectivity index (χ4n) is 3.46. The van der Waals surface area contributed by atoms with Crippen molar-refractivity contribution in [2.24, 2.45) is 17.3 Å². The molecule has 2 unspecified atom stereocenters. The fraction of sp³-hybridized carbons (Fsp3) is 1.00. The number of rotatable bonds is 5. The van der Waals surface area contributed by atoms with Gasteiger partial charge in [-0.25, -0.2) is 0 Å². The molecule has 0 aliphatic carbocycles. The first kappa shape index (κ1) is 18.0. The zero-order valence-corrected chi connectivity index (χ0v) is 15.0. The minimum Gasteiger partial charge on any atom is -0.313 e. The van der Waals surface area contributed by atoms with Crippen LogP contribution in [0.3, 0.4) is 0 Å². The molecule has 1 saturated heterocycles. The quantitative estimate of drug-likeness (QED) is 0.814. The van der Waals surface area contributed by atoms with Crippen molar-refractivity contribution in [1.29, 1.82) is 0 Å². The Bertz CT molecular complexity index is 265. The van der Waals surface area contributed by atoms with Gasteiger partial charge in [-0.15, -0.1) is 0 Å². The highest BCUT2D eigenvalue weighted by Crippen LogP contribution is 2.34.